The summed E-state index contributed by atoms with van der Waals surface area (Å²) in [5.41, 5.74) is 1.01. The number of hydrogen-bond donors (Lipinski definition) is 1. The second-order valence-electron chi connectivity index (χ2n) is 4.67. The average Bonchev–Trinajstić information content (AvgIpc) is 2.55. The molecule has 0 saturated carbocycles. The smallest absolute Gasteiger partial charge is 0.163 e. The van der Waals surface area contributed by atoms with E-state index >= 15 is 0 Å². The molecule has 5 heteroatoms. The van der Waals surface area contributed by atoms with Gasteiger partial charge in [-0.05, 0) is 6.92 Å². The van der Waals surface area contributed by atoms with Crippen molar-refractivity contribution in [3.63, 3.8) is 0 Å². The van der Waals surface area contributed by atoms with Crippen LogP contribution in [0.1, 0.15) is 6.92 Å². The zero-order valence-corrected chi connectivity index (χ0v) is 12.8. The van der Waals surface area contributed by atoms with Gasteiger partial charge in [-0.3, -0.25) is 0 Å². The van der Waals surface area contributed by atoms with Crippen LogP contribution in [0.2, 0.25) is 0 Å². The number of likely N-dealkylation sites (N-methyl/N-ethyl adjacent to an activating group) is 1. The van der Waals surface area contributed by atoms with Crippen LogP contribution in [0.15, 0.2) is 36.4 Å². The molecule has 0 amide bonds. The Hall–Kier alpha value is -2.14. The van der Waals surface area contributed by atoms with E-state index in [4.69, 9.17) is 4.74 Å². The van der Waals surface area contributed by atoms with Gasteiger partial charge in [0.1, 0.15) is 11.6 Å². The molecule has 2 aromatic rings. The summed E-state index contributed by atoms with van der Waals surface area (Å²) in [7, 11) is 3.87. The van der Waals surface area contributed by atoms with Gasteiger partial charge in [0.05, 0.1) is 6.61 Å². The molecule has 5 nitrogen and oxygen atoms in total. The fourth-order valence-corrected chi connectivity index (χ4v) is 1.93. The Morgan fingerprint density at radius 2 is 1.95 bits per heavy atom. The molecule has 0 saturated heterocycles. The van der Waals surface area contributed by atoms with Gasteiger partial charge in [-0.1, -0.05) is 30.3 Å². The molecule has 0 fully saturated rings. The number of anilines is 2. The van der Waals surface area contributed by atoms with E-state index in [0.717, 1.165) is 36.2 Å². The largest absolute Gasteiger partial charge is 0.380 e. The summed E-state index contributed by atoms with van der Waals surface area (Å²) in [6.07, 6.45) is 0. The average molecular weight is 286 g/mol. The lowest BCUT2D eigenvalue weighted by Gasteiger charge is -2.19. The first-order valence-electron chi connectivity index (χ1n) is 7.15. The second kappa shape index (κ2) is 7.59. The lowest BCUT2D eigenvalue weighted by atomic mass is 10.2. The SMILES string of the molecule is CCOCCN(C)c1cc(NC)nc(-c2ccccc2)n1. The van der Waals surface area contributed by atoms with Crippen LogP contribution >= 0.6 is 0 Å². The van der Waals surface area contributed by atoms with Crippen LogP contribution in [0.5, 0.6) is 0 Å². The molecule has 0 atom stereocenters. The van der Waals surface area contributed by atoms with Gasteiger partial charge in [-0.2, -0.15) is 0 Å². The fourth-order valence-electron chi connectivity index (χ4n) is 1.93. The molecule has 0 radical (unpaired) electrons. The van der Waals surface area contributed by atoms with E-state index in [1.807, 2.05) is 57.4 Å². The van der Waals surface area contributed by atoms with Gasteiger partial charge >= 0.3 is 0 Å². The van der Waals surface area contributed by atoms with Crippen LogP contribution in [0.25, 0.3) is 11.4 Å². The summed E-state index contributed by atoms with van der Waals surface area (Å²) in [6.45, 7) is 4.21. The monoisotopic (exact) mass is 286 g/mol. The molecule has 0 aliphatic heterocycles. The highest BCUT2D eigenvalue weighted by atomic mass is 16.5. The maximum Gasteiger partial charge on any atom is 0.163 e. The van der Waals surface area contributed by atoms with Crippen LogP contribution in [-0.2, 0) is 4.74 Å². The number of nitrogens with zero attached hydrogens (tertiary/aromatic N) is 3. The molecule has 1 aromatic carbocycles. The van der Waals surface area contributed by atoms with Gasteiger partial charge in [0.15, 0.2) is 5.82 Å². The van der Waals surface area contributed by atoms with Gasteiger partial charge in [-0.25, -0.2) is 9.97 Å². The van der Waals surface area contributed by atoms with Gasteiger partial charge in [0, 0.05) is 38.9 Å². The summed E-state index contributed by atoms with van der Waals surface area (Å²) < 4.78 is 5.40. The van der Waals surface area contributed by atoms with E-state index in [0.29, 0.717) is 6.61 Å². The number of ether oxygens (including phenoxy) is 1. The van der Waals surface area contributed by atoms with Gasteiger partial charge in [0.2, 0.25) is 0 Å². The summed E-state index contributed by atoms with van der Waals surface area (Å²) in [4.78, 5) is 11.2. The Bertz CT molecular complexity index is 559. The molecular weight excluding hydrogens is 264 g/mol. The lowest BCUT2D eigenvalue weighted by Crippen LogP contribution is -2.24. The van der Waals surface area contributed by atoms with Gasteiger partial charge < -0.3 is 15.0 Å². The number of rotatable bonds is 7. The van der Waals surface area contributed by atoms with Crippen molar-refractivity contribution in [2.45, 2.75) is 6.92 Å². The molecule has 0 unspecified atom stereocenters. The van der Waals surface area contributed by atoms with Crippen LogP contribution in [-0.4, -0.2) is 43.8 Å². The third-order valence-corrected chi connectivity index (χ3v) is 3.17. The maximum atomic E-state index is 5.40. The Labute approximate surface area is 126 Å². The van der Waals surface area contributed by atoms with Crippen molar-refractivity contribution in [3.8, 4) is 11.4 Å². The van der Waals surface area contributed by atoms with Crippen LogP contribution in [0.4, 0.5) is 11.6 Å². The molecule has 0 aliphatic rings. The van der Waals surface area contributed by atoms with Crippen molar-refractivity contribution in [2.75, 3.05) is 44.1 Å². The summed E-state index contributed by atoms with van der Waals surface area (Å²) in [5.74, 6) is 2.41. The minimum Gasteiger partial charge on any atom is -0.380 e. The Kier molecular flexibility index (Phi) is 5.51. The van der Waals surface area contributed by atoms with E-state index in [-0.39, 0.29) is 0 Å². The minimum absolute atomic E-state index is 0.687. The normalized spacial score (nSPS) is 10.4. The number of aromatic nitrogens is 2. The molecule has 112 valence electrons. The van der Waals surface area contributed by atoms with E-state index in [2.05, 4.69) is 20.2 Å². The topological polar surface area (TPSA) is 50.3 Å². The summed E-state index contributed by atoms with van der Waals surface area (Å²) in [5, 5.41) is 3.09. The highest BCUT2D eigenvalue weighted by Crippen LogP contribution is 2.21. The van der Waals surface area contributed by atoms with E-state index in [9.17, 15) is 0 Å². The first kappa shape index (κ1) is 15.3. The number of nitrogens with one attached hydrogen (secondary N) is 1. The molecule has 0 aliphatic carbocycles. The minimum atomic E-state index is 0.687. The van der Waals surface area contributed by atoms with Gasteiger partial charge in [-0.15, -0.1) is 0 Å². The van der Waals surface area contributed by atoms with Gasteiger partial charge in [0.25, 0.3) is 0 Å². The Morgan fingerprint density at radius 1 is 1.19 bits per heavy atom. The fraction of sp³-hybridized carbons (Fsp3) is 0.375. The van der Waals surface area contributed by atoms with Crippen LogP contribution in [0.3, 0.4) is 0 Å². The van der Waals surface area contributed by atoms with Crippen molar-refractivity contribution in [2.24, 2.45) is 0 Å². The zero-order valence-electron chi connectivity index (χ0n) is 12.8. The zero-order chi connectivity index (χ0) is 15.1. The molecule has 0 bridgehead atoms. The summed E-state index contributed by atoms with van der Waals surface area (Å²) in [6, 6.07) is 11.9. The van der Waals surface area contributed by atoms with Crippen molar-refractivity contribution < 1.29 is 4.74 Å². The van der Waals surface area contributed by atoms with Crippen molar-refractivity contribution in [1.82, 2.24) is 9.97 Å². The van der Waals surface area contributed by atoms with E-state index in [1.165, 1.54) is 0 Å². The van der Waals surface area contributed by atoms with Crippen molar-refractivity contribution >= 4 is 11.6 Å². The lowest BCUT2D eigenvalue weighted by molar-refractivity contribution is 0.154. The Balaban J connectivity index is 2.25. The van der Waals surface area contributed by atoms with Crippen molar-refractivity contribution in [3.05, 3.63) is 36.4 Å². The predicted molar refractivity (Wildman–Crippen MR) is 86.8 cm³/mol. The van der Waals surface area contributed by atoms with E-state index < -0.39 is 0 Å². The third-order valence-electron chi connectivity index (χ3n) is 3.17. The standard InChI is InChI=1S/C16H22N4O/c1-4-21-11-10-20(3)15-12-14(17-2)18-16(19-15)13-8-6-5-7-9-13/h5-9,12H,4,10-11H2,1-3H3,(H,17,18,19). The predicted octanol–water partition coefficient (Wildman–Crippen LogP) is 2.66. The molecule has 1 N–H and O–H groups in total. The van der Waals surface area contributed by atoms with Crippen molar-refractivity contribution in [1.29, 1.82) is 0 Å². The molecule has 1 aromatic heterocycles. The molecule has 1 heterocycles. The molecule has 21 heavy (non-hydrogen) atoms. The van der Waals surface area contributed by atoms with E-state index in [1.54, 1.807) is 0 Å². The molecule has 0 spiro atoms. The highest BCUT2D eigenvalue weighted by molar-refractivity contribution is 5.61. The second-order valence-corrected chi connectivity index (χ2v) is 4.67. The first-order chi connectivity index (χ1) is 10.2. The third kappa shape index (κ3) is 4.16. The highest BCUT2D eigenvalue weighted by Gasteiger charge is 2.09. The maximum absolute atomic E-state index is 5.40. The first-order valence-corrected chi connectivity index (χ1v) is 7.15. The number of benzene rings is 1. The van der Waals surface area contributed by atoms with Crippen LogP contribution < -0.4 is 10.2 Å². The summed E-state index contributed by atoms with van der Waals surface area (Å²) >= 11 is 0. The Morgan fingerprint density at radius 3 is 2.62 bits per heavy atom. The quantitative estimate of drug-likeness (QED) is 0.793. The van der Waals surface area contributed by atoms with Crippen LogP contribution in [0, 0.1) is 0 Å². The molecular formula is C16H22N4O. The molecule has 2 rings (SSSR count). The number of hydrogen-bond acceptors (Lipinski definition) is 5.